The molecule has 102 valence electrons. The van der Waals surface area contributed by atoms with Crippen LogP contribution in [0, 0.1) is 3.70 Å². The van der Waals surface area contributed by atoms with Gasteiger partial charge in [-0.3, -0.25) is 0 Å². The number of aliphatic hydroxyl groups excluding tert-OH is 2. The molecule has 8 nitrogen and oxygen atoms in total. The molecule has 0 radical (unpaired) electrons. The first kappa shape index (κ1) is 13.0. The molecular weight excluding hydrogens is 365 g/mol. The maximum atomic E-state index is 10.0. The zero-order valence-electron chi connectivity index (χ0n) is 9.93. The molecule has 2 aromatic rings. The van der Waals surface area contributed by atoms with Crippen LogP contribution in [0.5, 0.6) is 0 Å². The summed E-state index contributed by atoms with van der Waals surface area (Å²) in [4.78, 5) is 8.04. The quantitative estimate of drug-likeness (QED) is 0.582. The molecule has 1 aliphatic rings. The molecule has 0 saturated carbocycles. The van der Waals surface area contributed by atoms with Crippen LogP contribution < -0.4 is 5.73 Å². The number of anilines is 1. The van der Waals surface area contributed by atoms with E-state index in [1.165, 1.54) is 11.0 Å². The average Bonchev–Trinajstić information content (AvgIpc) is 2.83. The lowest BCUT2D eigenvalue weighted by Gasteiger charge is -2.15. The van der Waals surface area contributed by atoms with E-state index in [1.54, 1.807) is 6.92 Å². The fourth-order valence-corrected chi connectivity index (χ4v) is 2.91. The normalized spacial score (nSPS) is 31.2. The van der Waals surface area contributed by atoms with E-state index >= 15 is 0 Å². The standard InChI is InChI=1S/C10H12IN5O3/c1-3-5(17)6(18)10(19-3)16-9-4(7(11)15-16)8(12)13-2-14-9/h2-3,5-6,10,17-18H,1H3,(H2,12,13,14)/t3-,5+,6+,10-/m1/s1. The topological polar surface area (TPSA) is 119 Å². The molecule has 0 spiro atoms. The summed E-state index contributed by atoms with van der Waals surface area (Å²) < 4.78 is 7.59. The van der Waals surface area contributed by atoms with Crippen molar-refractivity contribution in [1.29, 1.82) is 0 Å². The second-order valence-electron chi connectivity index (χ2n) is 4.41. The number of nitrogens with zero attached hydrogens (tertiary/aromatic N) is 4. The molecule has 3 rings (SSSR count). The van der Waals surface area contributed by atoms with E-state index in [1.807, 2.05) is 22.6 Å². The van der Waals surface area contributed by atoms with Gasteiger partial charge in [0.1, 0.15) is 28.1 Å². The van der Waals surface area contributed by atoms with Crippen molar-refractivity contribution in [3.8, 4) is 0 Å². The van der Waals surface area contributed by atoms with Crippen molar-refractivity contribution in [3.63, 3.8) is 0 Å². The minimum Gasteiger partial charge on any atom is -0.388 e. The van der Waals surface area contributed by atoms with E-state index in [2.05, 4.69) is 15.1 Å². The number of nitrogens with two attached hydrogens (primary N) is 1. The monoisotopic (exact) mass is 377 g/mol. The van der Waals surface area contributed by atoms with Crippen LogP contribution in [-0.2, 0) is 4.74 Å². The first-order valence-corrected chi connectivity index (χ1v) is 6.74. The Morgan fingerprint density at radius 2 is 2.11 bits per heavy atom. The number of ether oxygens (including phenoxy) is 1. The van der Waals surface area contributed by atoms with Gasteiger partial charge in [0.05, 0.1) is 11.5 Å². The predicted octanol–water partition coefficient (Wildman–Crippen LogP) is -0.348. The molecule has 0 bridgehead atoms. The summed E-state index contributed by atoms with van der Waals surface area (Å²) in [5.41, 5.74) is 6.27. The van der Waals surface area contributed by atoms with E-state index in [-0.39, 0.29) is 0 Å². The number of fused-ring (bicyclic) bond motifs is 1. The highest BCUT2D eigenvalue weighted by Gasteiger charge is 2.42. The largest absolute Gasteiger partial charge is 0.388 e. The van der Waals surface area contributed by atoms with Crippen molar-refractivity contribution < 1.29 is 14.9 Å². The summed E-state index contributed by atoms with van der Waals surface area (Å²) in [6.45, 7) is 1.69. The van der Waals surface area contributed by atoms with Gasteiger partial charge in [0.25, 0.3) is 0 Å². The number of halogens is 1. The molecule has 0 unspecified atom stereocenters. The van der Waals surface area contributed by atoms with Crippen LogP contribution in [0.15, 0.2) is 6.33 Å². The van der Waals surface area contributed by atoms with E-state index < -0.39 is 24.5 Å². The summed E-state index contributed by atoms with van der Waals surface area (Å²) in [7, 11) is 0. The molecule has 2 aromatic heterocycles. The highest BCUT2D eigenvalue weighted by molar-refractivity contribution is 14.1. The SMILES string of the molecule is C[C@H]1O[C@@H](n2nc(I)c3c(N)ncnc32)[C@@H](O)[C@H]1O. The van der Waals surface area contributed by atoms with Crippen molar-refractivity contribution in [2.24, 2.45) is 0 Å². The van der Waals surface area contributed by atoms with Crippen LogP contribution in [0.1, 0.15) is 13.2 Å². The summed E-state index contributed by atoms with van der Waals surface area (Å²) in [6, 6.07) is 0. The van der Waals surface area contributed by atoms with Gasteiger partial charge in [0.2, 0.25) is 0 Å². The Hall–Kier alpha value is -1.04. The molecule has 4 N–H and O–H groups in total. The minimum atomic E-state index is -1.06. The Morgan fingerprint density at radius 1 is 1.37 bits per heavy atom. The van der Waals surface area contributed by atoms with Gasteiger partial charge >= 0.3 is 0 Å². The van der Waals surface area contributed by atoms with Gasteiger partial charge in [-0.15, -0.1) is 0 Å². The Balaban J connectivity index is 2.14. The third-order valence-electron chi connectivity index (χ3n) is 3.19. The van der Waals surface area contributed by atoms with Crippen molar-refractivity contribution in [3.05, 3.63) is 10.0 Å². The smallest absolute Gasteiger partial charge is 0.181 e. The predicted molar refractivity (Wildman–Crippen MR) is 74.0 cm³/mol. The maximum absolute atomic E-state index is 10.0. The summed E-state index contributed by atoms with van der Waals surface area (Å²) in [5, 5.41) is 24.7. The van der Waals surface area contributed by atoms with Crippen LogP contribution in [0.2, 0.25) is 0 Å². The molecule has 3 heterocycles. The Morgan fingerprint density at radius 3 is 2.74 bits per heavy atom. The van der Waals surface area contributed by atoms with Gasteiger partial charge in [-0.2, -0.15) is 5.10 Å². The molecule has 1 fully saturated rings. The molecule has 0 aliphatic carbocycles. The molecule has 9 heteroatoms. The van der Waals surface area contributed by atoms with E-state index in [0.717, 1.165) is 0 Å². The number of rotatable bonds is 1. The van der Waals surface area contributed by atoms with Gasteiger partial charge < -0.3 is 20.7 Å². The van der Waals surface area contributed by atoms with E-state index in [4.69, 9.17) is 10.5 Å². The Labute approximate surface area is 121 Å². The third-order valence-corrected chi connectivity index (χ3v) is 3.95. The van der Waals surface area contributed by atoms with Gasteiger partial charge in [0.15, 0.2) is 11.9 Å². The van der Waals surface area contributed by atoms with Crippen molar-refractivity contribution in [1.82, 2.24) is 19.7 Å². The zero-order valence-corrected chi connectivity index (χ0v) is 12.1. The highest BCUT2D eigenvalue weighted by atomic mass is 127. The zero-order chi connectivity index (χ0) is 13.7. The van der Waals surface area contributed by atoms with Gasteiger partial charge in [-0.1, -0.05) is 0 Å². The first-order valence-electron chi connectivity index (χ1n) is 5.66. The number of hydrogen-bond donors (Lipinski definition) is 3. The van der Waals surface area contributed by atoms with Gasteiger partial charge in [0, 0.05) is 0 Å². The van der Waals surface area contributed by atoms with Crippen LogP contribution in [0.4, 0.5) is 5.82 Å². The van der Waals surface area contributed by atoms with E-state index in [0.29, 0.717) is 20.6 Å². The minimum absolute atomic E-state index is 0.321. The number of hydrogen-bond acceptors (Lipinski definition) is 7. The lowest BCUT2D eigenvalue weighted by Crippen LogP contribution is -2.30. The molecule has 0 amide bonds. The molecule has 1 aliphatic heterocycles. The molecule has 19 heavy (non-hydrogen) atoms. The number of aliphatic hydroxyl groups is 2. The molecule has 4 atom stereocenters. The van der Waals surface area contributed by atoms with E-state index in [9.17, 15) is 10.2 Å². The van der Waals surface area contributed by atoms with Crippen molar-refractivity contribution in [2.75, 3.05) is 5.73 Å². The summed E-state index contributed by atoms with van der Waals surface area (Å²) >= 11 is 2.02. The number of nitrogen functional groups attached to an aromatic ring is 1. The van der Waals surface area contributed by atoms with Gasteiger partial charge in [-0.05, 0) is 29.5 Å². The van der Waals surface area contributed by atoms with Crippen molar-refractivity contribution >= 4 is 39.4 Å². The lowest BCUT2D eigenvalue weighted by molar-refractivity contribution is -0.0374. The summed E-state index contributed by atoms with van der Waals surface area (Å²) in [5.74, 6) is 0.321. The second kappa shape index (κ2) is 4.51. The van der Waals surface area contributed by atoms with Gasteiger partial charge in [-0.25, -0.2) is 14.6 Å². The first-order chi connectivity index (χ1) is 9.00. The Bertz CT molecular complexity index is 633. The lowest BCUT2D eigenvalue weighted by atomic mass is 10.1. The highest BCUT2D eigenvalue weighted by Crippen LogP contribution is 2.32. The fraction of sp³-hybridized carbons (Fsp3) is 0.500. The second-order valence-corrected chi connectivity index (χ2v) is 5.43. The third kappa shape index (κ3) is 1.88. The fourth-order valence-electron chi connectivity index (χ4n) is 2.16. The average molecular weight is 377 g/mol. The van der Waals surface area contributed by atoms with Crippen LogP contribution in [0.3, 0.4) is 0 Å². The molecule has 1 saturated heterocycles. The molecule has 0 aromatic carbocycles. The van der Waals surface area contributed by atoms with Crippen LogP contribution in [-0.4, -0.2) is 48.3 Å². The number of aromatic nitrogens is 4. The Kier molecular flexibility index (Phi) is 3.08. The van der Waals surface area contributed by atoms with Crippen LogP contribution >= 0.6 is 22.6 Å². The van der Waals surface area contributed by atoms with Crippen LogP contribution in [0.25, 0.3) is 11.0 Å². The van der Waals surface area contributed by atoms with Crippen molar-refractivity contribution in [2.45, 2.75) is 31.5 Å². The maximum Gasteiger partial charge on any atom is 0.181 e. The molecular formula is C10H12IN5O3. The summed E-state index contributed by atoms with van der Waals surface area (Å²) in [6.07, 6.45) is -1.96.